The molecule has 2 aliphatic rings. The lowest BCUT2D eigenvalue weighted by molar-refractivity contribution is -0.117. The summed E-state index contributed by atoms with van der Waals surface area (Å²) in [6.07, 6.45) is 2.50. The maximum absolute atomic E-state index is 12.4. The Bertz CT molecular complexity index is 730. The minimum Gasteiger partial charge on any atom is -0.396 e. The molecule has 0 spiro atoms. The normalized spacial score (nSPS) is 26.6. The second-order valence-corrected chi connectivity index (χ2v) is 9.38. The number of carbonyl (C=O) groups excluding carboxylic acids is 1. The number of sulfone groups is 1. The van der Waals surface area contributed by atoms with Crippen molar-refractivity contribution in [2.75, 3.05) is 43.1 Å². The minimum atomic E-state index is -3.02. The predicted octanol–water partition coefficient (Wildman–Crippen LogP) is 0.194. The molecule has 0 bridgehead atoms. The van der Waals surface area contributed by atoms with Crippen LogP contribution in [0.2, 0.25) is 0 Å². The van der Waals surface area contributed by atoms with Crippen LogP contribution in [0.5, 0.6) is 0 Å². The Hall–Kier alpha value is -1.45. The molecule has 8 nitrogen and oxygen atoms in total. The third-order valence-electron chi connectivity index (χ3n) is 4.91. The number of aromatic nitrogens is 2. The quantitative estimate of drug-likeness (QED) is 0.767. The van der Waals surface area contributed by atoms with Gasteiger partial charge in [-0.15, -0.1) is 0 Å². The molecule has 140 valence electrons. The average molecular weight is 370 g/mol. The Labute approximate surface area is 148 Å². The second kappa shape index (κ2) is 7.43. The van der Waals surface area contributed by atoms with Crippen molar-refractivity contribution >= 4 is 21.6 Å². The highest BCUT2D eigenvalue weighted by Crippen LogP contribution is 2.27. The van der Waals surface area contributed by atoms with Crippen LogP contribution in [0, 0.1) is 12.8 Å². The lowest BCUT2D eigenvalue weighted by Gasteiger charge is -2.31. The van der Waals surface area contributed by atoms with Crippen molar-refractivity contribution in [2.24, 2.45) is 5.92 Å². The van der Waals surface area contributed by atoms with Crippen molar-refractivity contribution in [2.45, 2.75) is 32.2 Å². The monoisotopic (exact) mass is 370 g/mol. The first-order valence-electron chi connectivity index (χ1n) is 8.76. The summed E-state index contributed by atoms with van der Waals surface area (Å²) in [7, 11) is -3.02. The summed E-state index contributed by atoms with van der Waals surface area (Å²) >= 11 is 0. The summed E-state index contributed by atoms with van der Waals surface area (Å²) in [4.78, 5) is 14.5. The van der Waals surface area contributed by atoms with E-state index in [0.29, 0.717) is 12.2 Å². The van der Waals surface area contributed by atoms with Gasteiger partial charge in [0.15, 0.2) is 9.84 Å². The Morgan fingerprint density at radius 3 is 2.92 bits per heavy atom. The van der Waals surface area contributed by atoms with E-state index in [9.17, 15) is 18.3 Å². The molecule has 2 atom stereocenters. The number of piperidine rings is 1. The fourth-order valence-corrected chi connectivity index (χ4v) is 5.38. The summed E-state index contributed by atoms with van der Waals surface area (Å²) in [6, 6.07) is 1.55. The molecule has 1 aromatic heterocycles. The molecule has 2 fully saturated rings. The zero-order chi connectivity index (χ0) is 18.0. The van der Waals surface area contributed by atoms with E-state index in [-0.39, 0.29) is 42.5 Å². The molecule has 2 aliphatic heterocycles. The van der Waals surface area contributed by atoms with E-state index < -0.39 is 9.84 Å². The van der Waals surface area contributed by atoms with E-state index in [2.05, 4.69) is 10.4 Å². The number of amides is 1. The molecule has 2 N–H and O–H groups in total. The zero-order valence-corrected chi connectivity index (χ0v) is 15.3. The summed E-state index contributed by atoms with van der Waals surface area (Å²) in [5.41, 5.74) is 0.748. The average Bonchev–Trinajstić information content (AvgIpc) is 3.09. The molecular weight excluding hydrogens is 344 g/mol. The highest BCUT2D eigenvalue weighted by Gasteiger charge is 2.31. The van der Waals surface area contributed by atoms with Crippen LogP contribution in [0.4, 0.5) is 5.82 Å². The van der Waals surface area contributed by atoms with E-state index in [1.165, 1.54) is 0 Å². The molecule has 2 unspecified atom stereocenters. The van der Waals surface area contributed by atoms with Crippen LogP contribution >= 0.6 is 0 Å². The van der Waals surface area contributed by atoms with Crippen LogP contribution < -0.4 is 5.32 Å². The maximum Gasteiger partial charge on any atom is 0.239 e. The van der Waals surface area contributed by atoms with Crippen LogP contribution in [0.15, 0.2) is 6.07 Å². The van der Waals surface area contributed by atoms with E-state index in [1.807, 2.05) is 11.8 Å². The molecule has 0 aliphatic carbocycles. The van der Waals surface area contributed by atoms with E-state index in [4.69, 9.17) is 0 Å². The van der Waals surface area contributed by atoms with Crippen LogP contribution in [0.1, 0.15) is 31.0 Å². The van der Waals surface area contributed by atoms with E-state index >= 15 is 0 Å². The van der Waals surface area contributed by atoms with Crippen LogP contribution in [0.25, 0.3) is 0 Å². The van der Waals surface area contributed by atoms with Crippen molar-refractivity contribution in [3.8, 4) is 0 Å². The van der Waals surface area contributed by atoms with Crippen LogP contribution in [0.3, 0.4) is 0 Å². The first-order chi connectivity index (χ1) is 11.9. The third-order valence-corrected chi connectivity index (χ3v) is 6.66. The Kier molecular flexibility index (Phi) is 5.45. The maximum atomic E-state index is 12.4. The van der Waals surface area contributed by atoms with Gasteiger partial charge in [0, 0.05) is 19.2 Å². The molecule has 0 saturated carbocycles. The third kappa shape index (κ3) is 4.59. The number of aliphatic hydroxyl groups is 1. The molecule has 9 heteroatoms. The molecule has 0 radical (unpaired) electrons. The molecule has 2 saturated heterocycles. The number of carbonyl (C=O) groups is 1. The fourth-order valence-electron chi connectivity index (χ4n) is 3.69. The largest absolute Gasteiger partial charge is 0.396 e. The number of hydrogen-bond donors (Lipinski definition) is 2. The topological polar surface area (TPSA) is 105 Å². The molecule has 25 heavy (non-hydrogen) atoms. The number of aliphatic hydroxyl groups excluding tert-OH is 1. The van der Waals surface area contributed by atoms with Gasteiger partial charge in [-0.2, -0.15) is 5.10 Å². The van der Waals surface area contributed by atoms with Crippen molar-refractivity contribution in [3.63, 3.8) is 0 Å². The van der Waals surface area contributed by atoms with Gasteiger partial charge in [0.2, 0.25) is 5.91 Å². The summed E-state index contributed by atoms with van der Waals surface area (Å²) in [5, 5.41) is 16.5. The van der Waals surface area contributed by atoms with Crippen molar-refractivity contribution in [1.82, 2.24) is 14.7 Å². The SMILES string of the molecule is Cc1cc(NC(=O)CN2CCCC(CO)C2)n(C2CCS(=O)(=O)C2)n1. The van der Waals surface area contributed by atoms with Crippen LogP contribution in [-0.2, 0) is 14.6 Å². The Morgan fingerprint density at radius 2 is 2.24 bits per heavy atom. The molecule has 0 aromatic carbocycles. The van der Waals surface area contributed by atoms with Crippen molar-refractivity contribution in [3.05, 3.63) is 11.8 Å². The lowest BCUT2D eigenvalue weighted by Crippen LogP contribution is -2.41. The number of nitrogens with one attached hydrogen (secondary N) is 1. The molecule has 3 heterocycles. The zero-order valence-electron chi connectivity index (χ0n) is 14.5. The Balaban J connectivity index is 1.64. The van der Waals surface area contributed by atoms with Crippen LogP contribution in [-0.4, -0.2) is 71.9 Å². The van der Waals surface area contributed by atoms with Gasteiger partial charge >= 0.3 is 0 Å². The first-order valence-corrected chi connectivity index (χ1v) is 10.6. The summed E-state index contributed by atoms with van der Waals surface area (Å²) < 4.78 is 25.1. The highest BCUT2D eigenvalue weighted by molar-refractivity contribution is 7.91. The lowest BCUT2D eigenvalue weighted by atomic mass is 9.99. The van der Waals surface area contributed by atoms with Gasteiger partial charge in [0.25, 0.3) is 0 Å². The molecule has 1 amide bonds. The Morgan fingerprint density at radius 1 is 1.44 bits per heavy atom. The standard InChI is InChI=1S/C16H26N4O4S/c1-12-7-15(20(18-12)14-4-6-25(23,24)11-14)17-16(22)9-19-5-2-3-13(8-19)10-21/h7,13-14,21H,2-6,8-11H2,1H3,(H,17,22). The van der Waals surface area contributed by atoms with Crippen molar-refractivity contribution < 1.29 is 18.3 Å². The number of likely N-dealkylation sites (tertiary alicyclic amines) is 1. The number of anilines is 1. The van der Waals surface area contributed by atoms with Gasteiger partial charge in [0.05, 0.1) is 29.8 Å². The van der Waals surface area contributed by atoms with Gasteiger partial charge in [-0.05, 0) is 38.6 Å². The van der Waals surface area contributed by atoms with Crippen molar-refractivity contribution in [1.29, 1.82) is 0 Å². The summed E-state index contributed by atoms with van der Waals surface area (Å²) in [5.74, 6) is 0.889. The summed E-state index contributed by atoms with van der Waals surface area (Å²) in [6.45, 7) is 3.82. The fraction of sp³-hybridized carbons (Fsp3) is 0.750. The number of hydrogen-bond acceptors (Lipinski definition) is 6. The highest BCUT2D eigenvalue weighted by atomic mass is 32.2. The smallest absolute Gasteiger partial charge is 0.239 e. The number of nitrogens with zero attached hydrogens (tertiary/aromatic N) is 3. The molecule has 1 aromatic rings. The predicted molar refractivity (Wildman–Crippen MR) is 94.2 cm³/mol. The number of aryl methyl sites for hydroxylation is 1. The van der Waals surface area contributed by atoms with Gasteiger partial charge < -0.3 is 10.4 Å². The van der Waals surface area contributed by atoms with Gasteiger partial charge in [0.1, 0.15) is 5.82 Å². The van der Waals surface area contributed by atoms with Gasteiger partial charge in [-0.3, -0.25) is 9.69 Å². The van der Waals surface area contributed by atoms with Gasteiger partial charge in [-0.1, -0.05) is 0 Å². The molecule has 3 rings (SSSR count). The van der Waals surface area contributed by atoms with Gasteiger partial charge in [-0.25, -0.2) is 13.1 Å². The number of rotatable bonds is 5. The van der Waals surface area contributed by atoms with E-state index in [1.54, 1.807) is 10.7 Å². The first kappa shape index (κ1) is 18.3. The molecular formula is C16H26N4O4S. The van der Waals surface area contributed by atoms with E-state index in [0.717, 1.165) is 31.6 Å². The minimum absolute atomic E-state index is 0.0707. The second-order valence-electron chi connectivity index (χ2n) is 7.15.